The Morgan fingerprint density at radius 1 is 0.667 bits per heavy atom. The van der Waals surface area contributed by atoms with Crippen LogP contribution < -0.4 is 0 Å². The molecule has 0 aliphatic rings. The summed E-state index contributed by atoms with van der Waals surface area (Å²) in [6, 6.07) is 52.7. The van der Waals surface area contributed by atoms with E-state index in [-0.39, 0.29) is 25.7 Å². The summed E-state index contributed by atoms with van der Waals surface area (Å²) >= 11 is 0. The summed E-state index contributed by atoms with van der Waals surface area (Å²) in [6.07, 6.45) is 1.39. The number of hydrogen-bond acceptors (Lipinski definition) is 4. The van der Waals surface area contributed by atoms with Crippen LogP contribution in [0.2, 0.25) is 0 Å². The summed E-state index contributed by atoms with van der Waals surface area (Å²) < 4.78 is 30.6. The minimum Gasteiger partial charge on any atom is -0.500 e. The predicted octanol–water partition coefficient (Wildman–Crippen LogP) is 11.3. The maximum absolute atomic E-state index is 7.23. The Labute approximate surface area is 312 Å². The van der Waals surface area contributed by atoms with Crippen molar-refractivity contribution in [3.63, 3.8) is 0 Å². The summed E-state index contributed by atoms with van der Waals surface area (Å²) in [5.41, 5.74) is 7.93. The van der Waals surface area contributed by atoms with Gasteiger partial charge in [-0.1, -0.05) is 89.8 Å². The molecule has 10 aromatic rings. The number of rotatable bonds is 3. The van der Waals surface area contributed by atoms with Gasteiger partial charge in [-0.15, -0.1) is 54.1 Å². The molecule has 0 aliphatic heterocycles. The van der Waals surface area contributed by atoms with Crippen molar-refractivity contribution < 1.29 is 28.6 Å². The first-order valence-corrected chi connectivity index (χ1v) is 16.4. The third-order valence-electron chi connectivity index (χ3n) is 8.94. The van der Waals surface area contributed by atoms with Crippen molar-refractivity contribution in [2.45, 2.75) is 13.8 Å². The summed E-state index contributed by atoms with van der Waals surface area (Å²) in [4.78, 5) is 14.0. The monoisotopic (exact) mass is 838 g/mol. The molecular weight excluding hydrogens is 805 g/mol. The van der Waals surface area contributed by atoms with E-state index in [2.05, 4.69) is 88.4 Å². The van der Waals surface area contributed by atoms with Crippen LogP contribution in [0.4, 0.5) is 0 Å². The smallest absolute Gasteiger partial charge is 0.155 e. The van der Waals surface area contributed by atoms with Gasteiger partial charge < -0.3 is 14.0 Å². The van der Waals surface area contributed by atoms with E-state index in [0.29, 0.717) is 0 Å². The Morgan fingerprint density at radius 3 is 2.29 bits per heavy atom. The van der Waals surface area contributed by atoms with Gasteiger partial charge >= 0.3 is 0 Å². The third kappa shape index (κ3) is 5.79. The fourth-order valence-electron chi connectivity index (χ4n) is 6.60. The maximum atomic E-state index is 7.23. The van der Waals surface area contributed by atoms with Gasteiger partial charge in [0.1, 0.15) is 5.58 Å². The van der Waals surface area contributed by atoms with Crippen molar-refractivity contribution in [2.75, 3.05) is 0 Å². The molecule has 5 nitrogen and oxygen atoms in total. The first-order chi connectivity index (χ1) is 25.8. The quantitative estimate of drug-likeness (QED) is 0.131. The molecule has 6 heteroatoms. The third-order valence-corrected chi connectivity index (χ3v) is 8.94. The Bertz CT molecular complexity index is 2940. The van der Waals surface area contributed by atoms with E-state index in [4.69, 9.17) is 18.5 Å². The molecule has 247 valence electrons. The molecule has 10 rings (SSSR count). The van der Waals surface area contributed by atoms with Gasteiger partial charge in [0.2, 0.25) is 0 Å². The van der Waals surface area contributed by atoms with Crippen LogP contribution in [0.3, 0.4) is 0 Å². The van der Waals surface area contributed by atoms with E-state index in [1.54, 1.807) is 18.2 Å². The average molecular weight is 838 g/mol. The molecule has 51 heavy (non-hydrogen) atoms. The van der Waals surface area contributed by atoms with Crippen molar-refractivity contribution in [1.82, 2.24) is 19.5 Å². The van der Waals surface area contributed by atoms with E-state index in [9.17, 15) is 0 Å². The molecule has 6 aromatic carbocycles. The van der Waals surface area contributed by atoms with Crippen LogP contribution in [0.1, 0.15) is 15.4 Å². The zero-order valence-corrected chi connectivity index (χ0v) is 29.8. The fourth-order valence-corrected chi connectivity index (χ4v) is 6.60. The van der Waals surface area contributed by atoms with Gasteiger partial charge in [0.25, 0.3) is 0 Å². The average Bonchev–Trinajstić information content (AvgIpc) is 3.77. The topological polar surface area (TPSA) is 56.7 Å². The minimum atomic E-state index is -2.09. The molecule has 0 aliphatic carbocycles. The fraction of sp³-hybridized carbons (Fsp3) is 0.0444. The van der Waals surface area contributed by atoms with Gasteiger partial charge in [-0.25, -0.2) is 4.98 Å². The number of benzene rings is 6. The van der Waals surface area contributed by atoms with E-state index in [1.165, 1.54) is 17.0 Å². The molecule has 0 fully saturated rings. The first kappa shape index (κ1) is 28.9. The number of hydrogen-bond donors (Lipinski definition) is 0. The van der Waals surface area contributed by atoms with Crippen LogP contribution in [0, 0.1) is 25.9 Å². The molecule has 0 saturated carbocycles. The van der Waals surface area contributed by atoms with E-state index in [0.717, 1.165) is 77.9 Å². The molecule has 4 aromatic heterocycles. The standard InChI is InChI=1S/C33H20N3O.C12H10N.Ir/c1-20-14-19-28-33(34-20)36(23-9-3-2-4-10-23)32(35-28)27-13-7-12-25-26-18-17-22-16-15-21-8-5-6-11-24(21)29(22)31(26)37-30(25)27;1-10-7-8-12(13-9-10)11-5-3-2-4-6-11;/h2-12,14-19H,1H3;2-5,7-9H,1H3;/q2*-1;/i;1D3;. The molecule has 0 saturated heterocycles. The summed E-state index contributed by atoms with van der Waals surface area (Å²) in [5, 5.41) is 6.81. The van der Waals surface area contributed by atoms with Gasteiger partial charge in [-0.3, -0.25) is 4.98 Å². The molecule has 0 N–H and O–H groups in total. The van der Waals surface area contributed by atoms with Crippen LogP contribution in [-0.4, -0.2) is 19.5 Å². The van der Waals surface area contributed by atoms with Crippen LogP contribution in [0.5, 0.6) is 0 Å². The second-order valence-corrected chi connectivity index (χ2v) is 12.1. The van der Waals surface area contributed by atoms with Gasteiger partial charge in [0.15, 0.2) is 5.65 Å². The minimum absolute atomic E-state index is 0. The Balaban J connectivity index is 0.000000206. The number of aryl methyl sites for hydroxylation is 2. The number of fused-ring (bicyclic) bond motifs is 8. The van der Waals surface area contributed by atoms with Gasteiger partial charge in [-0.2, -0.15) is 0 Å². The Kier molecular flexibility index (Phi) is 7.58. The predicted molar refractivity (Wildman–Crippen MR) is 203 cm³/mol. The maximum Gasteiger partial charge on any atom is 0.155 e. The van der Waals surface area contributed by atoms with Crippen LogP contribution in [0.15, 0.2) is 150 Å². The van der Waals surface area contributed by atoms with Crippen LogP contribution in [-0.2, 0) is 20.1 Å². The zero-order chi connectivity index (χ0) is 36.1. The summed E-state index contributed by atoms with van der Waals surface area (Å²) in [7, 11) is 0. The van der Waals surface area contributed by atoms with Crippen molar-refractivity contribution in [1.29, 1.82) is 0 Å². The number of furan rings is 1. The molecule has 0 spiro atoms. The van der Waals surface area contributed by atoms with E-state index >= 15 is 0 Å². The second kappa shape index (κ2) is 13.4. The number of aromatic nitrogens is 4. The second-order valence-electron chi connectivity index (χ2n) is 12.1. The van der Waals surface area contributed by atoms with Gasteiger partial charge in [-0.05, 0) is 65.5 Å². The van der Waals surface area contributed by atoms with E-state index < -0.39 is 6.85 Å². The van der Waals surface area contributed by atoms with Gasteiger partial charge in [0, 0.05) is 52.6 Å². The van der Waals surface area contributed by atoms with Crippen LogP contribution >= 0.6 is 0 Å². The molecule has 0 atom stereocenters. The number of imidazole rings is 1. The molecule has 0 unspecified atom stereocenters. The Hall–Kier alpha value is -5.94. The SMILES string of the molecule is Cc1ccc2nc(-c3[c-]ccc4c3oc3c4ccc4ccc5ccccc5c43)n(-c3ccccc3)c2n1.[2H]C([2H])([2H])c1ccc(-c2[c-]cccc2)nc1.[Ir]. The zero-order valence-electron chi connectivity index (χ0n) is 30.4. The summed E-state index contributed by atoms with van der Waals surface area (Å²) in [6.45, 7) is -0.0884. The van der Waals surface area contributed by atoms with Gasteiger partial charge in [0.05, 0.1) is 16.9 Å². The van der Waals surface area contributed by atoms with Crippen molar-refractivity contribution >= 4 is 54.6 Å². The number of pyridine rings is 2. The normalized spacial score (nSPS) is 12.3. The van der Waals surface area contributed by atoms with Crippen LogP contribution in [0.25, 0.3) is 83.0 Å². The van der Waals surface area contributed by atoms with E-state index in [1.807, 2.05) is 61.5 Å². The molecular formula is C45H30IrN4O-2. The number of nitrogens with zero attached hydrogens (tertiary/aromatic N) is 4. The Morgan fingerprint density at radius 2 is 1.47 bits per heavy atom. The first-order valence-electron chi connectivity index (χ1n) is 17.9. The molecule has 1 radical (unpaired) electrons. The molecule has 0 bridgehead atoms. The van der Waals surface area contributed by atoms with Crippen molar-refractivity contribution in [3.8, 4) is 28.3 Å². The molecule has 4 heterocycles. The number of para-hydroxylation sites is 1. The largest absolute Gasteiger partial charge is 0.500 e. The molecule has 0 amide bonds. The van der Waals surface area contributed by atoms with Crippen molar-refractivity contribution in [2.24, 2.45) is 0 Å². The van der Waals surface area contributed by atoms with Crippen molar-refractivity contribution in [3.05, 3.63) is 169 Å². The summed E-state index contributed by atoms with van der Waals surface area (Å²) in [5.74, 6) is 0.762.